The fraction of sp³-hybridized carbons (Fsp3) is 0.850. The van der Waals surface area contributed by atoms with Gasteiger partial charge in [-0.05, 0) is 32.6 Å². The van der Waals surface area contributed by atoms with E-state index < -0.39 is 9.84 Å². The quantitative estimate of drug-likeness (QED) is 0.379. The highest BCUT2D eigenvalue weighted by Crippen LogP contribution is 2.27. The molecule has 2 unspecified atom stereocenters. The summed E-state index contributed by atoms with van der Waals surface area (Å²) in [6.45, 7) is 4.47. The van der Waals surface area contributed by atoms with E-state index in [2.05, 4.69) is 20.9 Å². The van der Waals surface area contributed by atoms with Gasteiger partial charge in [0.2, 0.25) is 11.8 Å². The van der Waals surface area contributed by atoms with Crippen LogP contribution in [0.2, 0.25) is 0 Å². The molecule has 2 amide bonds. The Hall–Kier alpha value is -1.84. The van der Waals surface area contributed by atoms with Crippen LogP contribution in [0.25, 0.3) is 0 Å². The number of carbonyl (C=O) groups is 2. The minimum absolute atomic E-state index is 0.0317. The first-order valence-electron chi connectivity index (χ1n) is 11.2. The highest BCUT2D eigenvalue weighted by molar-refractivity contribution is 7.91. The molecule has 1 saturated carbocycles. The number of amides is 2. The molecule has 2 heterocycles. The number of rotatable bonds is 7. The molecular weight excluding hydrogens is 406 g/mol. The van der Waals surface area contributed by atoms with E-state index in [1.807, 2.05) is 11.8 Å². The molecule has 2 aliphatic heterocycles. The lowest BCUT2D eigenvalue weighted by Gasteiger charge is -2.21. The molecule has 2 atom stereocenters. The molecule has 3 rings (SSSR count). The number of likely N-dealkylation sites (tertiary alicyclic amines) is 1. The lowest BCUT2D eigenvalue weighted by atomic mass is 10.1. The van der Waals surface area contributed by atoms with Crippen LogP contribution in [-0.2, 0) is 19.4 Å². The Morgan fingerprint density at radius 2 is 1.83 bits per heavy atom. The van der Waals surface area contributed by atoms with Crippen LogP contribution in [0, 0.1) is 5.92 Å². The third-order valence-electron chi connectivity index (χ3n) is 6.10. The van der Waals surface area contributed by atoms with Gasteiger partial charge in [0, 0.05) is 44.1 Å². The average Bonchev–Trinajstić information content (AvgIpc) is 3.43. The minimum atomic E-state index is -3.00. The molecule has 3 fully saturated rings. The van der Waals surface area contributed by atoms with E-state index in [1.54, 1.807) is 0 Å². The maximum absolute atomic E-state index is 12.6. The van der Waals surface area contributed by atoms with Crippen molar-refractivity contribution in [3.05, 3.63) is 0 Å². The Bertz CT molecular complexity index is 748. The van der Waals surface area contributed by atoms with Gasteiger partial charge in [0.1, 0.15) is 0 Å². The summed E-state index contributed by atoms with van der Waals surface area (Å²) in [6.07, 6.45) is 5.95. The van der Waals surface area contributed by atoms with E-state index in [9.17, 15) is 18.0 Å². The second-order valence-corrected chi connectivity index (χ2v) is 10.8. The van der Waals surface area contributed by atoms with Crippen molar-refractivity contribution in [2.75, 3.05) is 37.7 Å². The van der Waals surface area contributed by atoms with Gasteiger partial charge in [-0.2, -0.15) is 0 Å². The van der Waals surface area contributed by atoms with Gasteiger partial charge in [-0.1, -0.05) is 12.8 Å². The zero-order valence-corrected chi connectivity index (χ0v) is 18.7. The predicted octanol–water partition coefficient (Wildman–Crippen LogP) is 0.0260. The van der Waals surface area contributed by atoms with Crippen LogP contribution in [0.1, 0.15) is 51.9 Å². The number of carbonyl (C=O) groups excluding carboxylic acids is 2. The van der Waals surface area contributed by atoms with Gasteiger partial charge in [-0.15, -0.1) is 0 Å². The second kappa shape index (κ2) is 10.5. The fourth-order valence-corrected chi connectivity index (χ4v) is 6.17. The second-order valence-electron chi connectivity index (χ2n) is 8.57. The number of hydrogen-bond acceptors (Lipinski definition) is 5. The first-order chi connectivity index (χ1) is 14.4. The first kappa shape index (κ1) is 22.8. The molecule has 3 N–H and O–H groups in total. The molecule has 9 nitrogen and oxygen atoms in total. The summed E-state index contributed by atoms with van der Waals surface area (Å²) in [5.41, 5.74) is 0. The van der Waals surface area contributed by atoms with Gasteiger partial charge in [0.05, 0.1) is 18.1 Å². The van der Waals surface area contributed by atoms with Gasteiger partial charge >= 0.3 is 0 Å². The average molecular weight is 442 g/mol. The standard InChI is InChI=1S/C20H35N5O4S/c1-2-21-20(22-10-7-18(26)23-17-9-12-30(28,29)14-17)24-16-8-11-25(13-16)19(27)15-5-3-4-6-15/h15-17H,2-14H2,1H3,(H,23,26)(H2,21,22,24). The summed E-state index contributed by atoms with van der Waals surface area (Å²) < 4.78 is 23.0. The van der Waals surface area contributed by atoms with Crippen molar-refractivity contribution in [2.45, 2.75) is 64.0 Å². The van der Waals surface area contributed by atoms with Crippen LogP contribution < -0.4 is 16.0 Å². The Morgan fingerprint density at radius 1 is 1.07 bits per heavy atom. The summed E-state index contributed by atoms with van der Waals surface area (Å²) in [5, 5.41) is 9.36. The Balaban J connectivity index is 1.42. The van der Waals surface area contributed by atoms with Crippen molar-refractivity contribution in [1.82, 2.24) is 20.9 Å². The van der Waals surface area contributed by atoms with Crippen LogP contribution >= 0.6 is 0 Å². The van der Waals surface area contributed by atoms with Gasteiger partial charge in [-0.25, -0.2) is 8.42 Å². The molecule has 0 bridgehead atoms. The van der Waals surface area contributed by atoms with E-state index in [0.29, 0.717) is 37.9 Å². The number of aliphatic imine (C=N–C) groups is 1. The molecule has 2 saturated heterocycles. The molecule has 0 aromatic carbocycles. The molecule has 0 aromatic heterocycles. The lowest BCUT2D eigenvalue weighted by molar-refractivity contribution is -0.134. The van der Waals surface area contributed by atoms with Gasteiger partial charge < -0.3 is 20.9 Å². The molecule has 0 radical (unpaired) electrons. The van der Waals surface area contributed by atoms with E-state index in [0.717, 1.165) is 38.6 Å². The molecule has 0 aromatic rings. The van der Waals surface area contributed by atoms with E-state index in [4.69, 9.17) is 0 Å². The van der Waals surface area contributed by atoms with Crippen LogP contribution in [-0.4, -0.2) is 80.9 Å². The molecule has 3 aliphatic rings. The number of hydrogen-bond donors (Lipinski definition) is 3. The van der Waals surface area contributed by atoms with Crippen molar-refractivity contribution in [3.8, 4) is 0 Å². The monoisotopic (exact) mass is 441 g/mol. The van der Waals surface area contributed by atoms with Crippen LogP contribution in [0.15, 0.2) is 4.99 Å². The van der Waals surface area contributed by atoms with Crippen LogP contribution in [0.4, 0.5) is 0 Å². The zero-order valence-electron chi connectivity index (χ0n) is 17.9. The molecule has 0 spiro atoms. The van der Waals surface area contributed by atoms with Crippen molar-refractivity contribution >= 4 is 27.6 Å². The third-order valence-corrected chi connectivity index (χ3v) is 7.86. The third kappa shape index (κ3) is 6.58. The lowest BCUT2D eigenvalue weighted by Crippen LogP contribution is -2.45. The largest absolute Gasteiger partial charge is 0.357 e. The molecule has 1 aliphatic carbocycles. The van der Waals surface area contributed by atoms with Gasteiger partial charge in [0.15, 0.2) is 15.8 Å². The predicted molar refractivity (Wildman–Crippen MR) is 116 cm³/mol. The first-order valence-corrected chi connectivity index (χ1v) is 13.0. The number of nitrogens with zero attached hydrogens (tertiary/aromatic N) is 2. The fourth-order valence-electron chi connectivity index (χ4n) is 4.50. The highest BCUT2D eigenvalue weighted by Gasteiger charge is 2.32. The number of guanidine groups is 1. The van der Waals surface area contributed by atoms with Crippen molar-refractivity contribution in [2.24, 2.45) is 10.9 Å². The Kier molecular flexibility index (Phi) is 7.96. The summed E-state index contributed by atoms with van der Waals surface area (Å²) in [4.78, 5) is 31.1. The van der Waals surface area contributed by atoms with Gasteiger partial charge in [-0.3, -0.25) is 14.6 Å². The Morgan fingerprint density at radius 3 is 2.50 bits per heavy atom. The SMILES string of the molecule is CCNC(=NCCC(=O)NC1CCS(=O)(=O)C1)NC1CCN(C(=O)C2CCCC2)C1. The van der Waals surface area contributed by atoms with Crippen molar-refractivity contribution in [3.63, 3.8) is 0 Å². The van der Waals surface area contributed by atoms with Gasteiger partial charge in [0.25, 0.3) is 0 Å². The maximum atomic E-state index is 12.6. The van der Waals surface area contributed by atoms with E-state index in [-0.39, 0.29) is 41.8 Å². The summed E-state index contributed by atoms with van der Waals surface area (Å²) in [7, 11) is -3.00. The number of sulfone groups is 1. The summed E-state index contributed by atoms with van der Waals surface area (Å²) >= 11 is 0. The molecule has 10 heteroatoms. The minimum Gasteiger partial charge on any atom is -0.357 e. The van der Waals surface area contributed by atoms with Crippen LogP contribution in [0.5, 0.6) is 0 Å². The maximum Gasteiger partial charge on any atom is 0.225 e. The van der Waals surface area contributed by atoms with E-state index in [1.165, 1.54) is 0 Å². The summed E-state index contributed by atoms with van der Waals surface area (Å²) in [5.74, 6) is 1.15. The molecule has 170 valence electrons. The van der Waals surface area contributed by atoms with Crippen molar-refractivity contribution < 1.29 is 18.0 Å². The zero-order chi connectivity index (χ0) is 21.6. The topological polar surface area (TPSA) is 120 Å². The molecule has 30 heavy (non-hydrogen) atoms. The molecular formula is C20H35N5O4S. The highest BCUT2D eigenvalue weighted by atomic mass is 32.2. The summed E-state index contributed by atoms with van der Waals surface area (Å²) in [6, 6.07) is -0.120. The normalized spacial score (nSPS) is 26.7. The van der Waals surface area contributed by atoms with Crippen molar-refractivity contribution in [1.29, 1.82) is 0 Å². The van der Waals surface area contributed by atoms with E-state index >= 15 is 0 Å². The Labute approximate surface area is 179 Å². The smallest absolute Gasteiger partial charge is 0.225 e. The van der Waals surface area contributed by atoms with Crippen LogP contribution in [0.3, 0.4) is 0 Å². The number of nitrogens with one attached hydrogen (secondary N) is 3.